The SMILES string of the molecule is CCCC[C@H](NC(=O)c1ccc(OC)c(OC(F)F)c1)C(=O)O. The van der Waals surface area contributed by atoms with Crippen LogP contribution in [-0.2, 0) is 4.79 Å². The molecule has 0 fully saturated rings. The van der Waals surface area contributed by atoms with Crippen molar-refractivity contribution in [3.8, 4) is 11.5 Å². The smallest absolute Gasteiger partial charge is 0.387 e. The van der Waals surface area contributed by atoms with Crippen LogP contribution < -0.4 is 14.8 Å². The monoisotopic (exact) mass is 331 g/mol. The van der Waals surface area contributed by atoms with E-state index in [2.05, 4.69) is 10.1 Å². The lowest BCUT2D eigenvalue weighted by Gasteiger charge is -2.15. The van der Waals surface area contributed by atoms with Crippen LogP contribution in [0.1, 0.15) is 36.5 Å². The summed E-state index contributed by atoms with van der Waals surface area (Å²) >= 11 is 0. The largest absolute Gasteiger partial charge is 0.493 e. The number of halogens is 2. The van der Waals surface area contributed by atoms with E-state index in [9.17, 15) is 18.4 Å². The van der Waals surface area contributed by atoms with Gasteiger partial charge in [0.1, 0.15) is 6.04 Å². The molecule has 1 aromatic rings. The van der Waals surface area contributed by atoms with Gasteiger partial charge in [-0.3, -0.25) is 4.79 Å². The summed E-state index contributed by atoms with van der Waals surface area (Å²) in [6.07, 6.45) is 1.71. The lowest BCUT2D eigenvalue weighted by molar-refractivity contribution is -0.139. The molecule has 0 spiro atoms. The molecule has 1 amide bonds. The highest BCUT2D eigenvalue weighted by molar-refractivity contribution is 5.97. The second-order valence-electron chi connectivity index (χ2n) is 4.75. The lowest BCUT2D eigenvalue weighted by Crippen LogP contribution is -2.40. The second kappa shape index (κ2) is 8.92. The summed E-state index contributed by atoms with van der Waals surface area (Å²) in [5.74, 6) is -2.09. The maximum absolute atomic E-state index is 12.4. The molecule has 8 heteroatoms. The molecule has 0 aromatic heterocycles. The van der Waals surface area contributed by atoms with E-state index < -0.39 is 24.5 Å². The fourth-order valence-electron chi connectivity index (χ4n) is 1.91. The van der Waals surface area contributed by atoms with E-state index in [4.69, 9.17) is 9.84 Å². The highest BCUT2D eigenvalue weighted by atomic mass is 19.3. The van der Waals surface area contributed by atoms with Gasteiger partial charge in [0.2, 0.25) is 0 Å². The topological polar surface area (TPSA) is 84.9 Å². The van der Waals surface area contributed by atoms with Crippen molar-refractivity contribution in [1.82, 2.24) is 5.32 Å². The number of methoxy groups -OCH3 is 1. The fraction of sp³-hybridized carbons (Fsp3) is 0.467. The first-order valence-electron chi connectivity index (χ1n) is 7.05. The number of benzene rings is 1. The average Bonchev–Trinajstić information content (AvgIpc) is 2.50. The third-order valence-electron chi connectivity index (χ3n) is 3.09. The molecule has 0 aliphatic heterocycles. The molecular formula is C15H19F2NO5. The summed E-state index contributed by atoms with van der Waals surface area (Å²) in [7, 11) is 1.28. The van der Waals surface area contributed by atoms with Crippen LogP contribution in [0.25, 0.3) is 0 Å². The summed E-state index contributed by atoms with van der Waals surface area (Å²) in [5, 5.41) is 11.5. The molecule has 0 aliphatic carbocycles. The Labute approximate surface area is 132 Å². The van der Waals surface area contributed by atoms with Crippen LogP contribution in [0, 0.1) is 0 Å². The molecule has 0 radical (unpaired) electrons. The van der Waals surface area contributed by atoms with Crippen molar-refractivity contribution >= 4 is 11.9 Å². The van der Waals surface area contributed by atoms with Crippen molar-refractivity contribution < 1.29 is 33.0 Å². The minimum absolute atomic E-state index is 0.00389. The summed E-state index contributed by atoms with van der Waals surface area (Å²) in [4.78, 5) is 23.2. The number of ether oxygens (including phenoxy) is 2. The van der Waals surface area contributed by atoms with E-state index in [1.54, 1.807) is 0 Å². The normalized spacial score (nSPS) is 11.9. The van der Waals surface area contributed by atoms with Gasteiger partial charge in [0.15, 0.2) is 11.5 Å². The number of unbranched alkanes of at least 4 members (excludes halogenated alkanes) is 1. The van der Waals surface area contributed by atoms with Crippen LogP contribution in [0.4, 0.5) is 8.78 Å². The summed E-state index contributed by atoms with van der Waals surface area (Å²) in [6, 6.07) is 2.68. The quantitative estimate of drug-likeness (QED) is 0.727. The average molecular weight is 331 g/mol. The molecule has 6 nitrogen and oxygen atoms in total. The number of aliphatic carboxylic acids is 1. The van der Waals surface area contributed by atoms with Gasteiger partial charge in [-0.2, -0.15) is 8.78 Å². The zero-order valence-corrected chi connectivity index (χ0v) is 12.8. The Kier molecular flexibility index (Phi) is 7.24. The van der Waals surface area contributed by atoms with Gasteiger partial charge >= 0.3 is 12.6 Å². The first kappa shape index (κ1) is 18.7. The summed E-state index contributed by atoms with van der Waals surface area (Å²) in [5.41, 5.74) is 0.00389. The first-order chi connectivity index (χ1) is 10.9. The van der Waals surface area contributed by atoms with Gasteiger partial charge in [0.05, 0.1) is 7.11 Å². The minimum Gasteiger partial charge on any atom is -0.493 e. The highest BCUT2D eigenvalue weighted by Gasteiger charge is 2.21. The zero-order chi connectivity index (χ0) is 17.4. The Bertz CT molecular complexity index is 551. The van der Waals surface area contributed by atoms with E-state index in [1.165, 1.54) is 19.2 Å². The van der Waals surface area contributed by atoms with Crippen LogP contribution in [0.5, 0.6) is 11.5 Å². The molecular weight excluding hydrogens is 312 g/mol. The molecule has 0 heterocycles. The molecule has 2 N–H and O–H groups in total. The lowest BCUT2D eigenvalue weighted by atomic mass is 10.1. The standard InChI is InChI=1S/C15H19F2NO5/c1-3-4-5-10(14(20)21)18-13(19)9-6-7-11(22-2)12(8-9)23-15(16)17/h6-8,10,15H,3-5H2,1-2H3,(H,18,19)(H,20,21)/t10-/m0/s1. The van der Waals surface area contributed by atoms with Crippen LogP contribution in [0.3, 0.4) is 0 Å². The van der Waals surface area contributed by atoms with E-state index in [0.717, 1.165) is 12.5 Å². The van der Waals surface area contributed by atoms with Crippen LogP contribution in [-0.4, -0.2) is 36.7 Å². The molecule has 0 aliphatic rings. The number of carboxylic acids is 1. The number of hydrogen-bond donors (Lipinski definition) is 2. The molecule has 23 heavy (non-hydrogen) atoms. The zero-order valence-electron chi connectivity index (χ0n) is 12.8. The maximum atomic E-state index is 12.4. The van der Waals surface area contributed by atoms with Gasteiger partial charge in [0.25, 0.3) is 5.91 Å². The predicted octanol–water partition coefficient (Wildman–Crippen LogP) is 2.67. The van der Waals surface area contributed by atoms with E-state index in [-0.39, 0.29) is 23.5 Å². The number of nitrogens with one attached hydrogen (secondary N) is 1. The highest BCUT2D eigenvalue weighted by Crippen LogP contribution is 2.29. The molecule has 0 saturated heterocycles. The molecule has 0 saturated carbocycles. The summed E-state index contributed by atoms with van der Waals surface area (Å²) in [6.45, 7) is -1.17. The predicted molar refractivity (Wildman–Crippen MR) is 78.0 cm³/mol. The number of carboxylic acid groups (broad SMARTS) is 1. The number of rotatable bonds is 9. The minimum atomic E-state index is -3.07. The number of carbonyl (C=O) groups excluding carboxylic acids is 1. The van der Waals surface area contributed by atoms with Gasteiger partial charge < -0.3 is 19.9 Å². The van der Waals surface area contributed by atoms with E-state index in [0.29, 0.717) is 6.42 Å². The van der Waals surface area contributed by atoms with E-state index in [1.807, 2.05) is 6.92 Å². The number of carbonyl (C=O) groups is 2. The number of hydrogen-bond acceptors (Lipinski definition) is 4. The second-order valence-corrected chi connectivity index (χ2v) is 4.75. The van der Waals surface area contributed by atoms with Crippen molar-refractivity contribution in [2.75, 3.05) is 7.11 Å². The van der Waals surface area contributed by atoms with E-state index >= 15 is 0 Å². The molecule has 1 aromatic carbocycles. The third kappa shape index (κ3) is 5.72. The van der Waals surface area contributed by atoms with Crippen LogP contribution in [0.2, 0.25) is 0 Å². The van der Waals surface area contributed by atoms with Crippen molar-refractivity contribution in [3.63, 3.8) is 0 Å². The van der Waals surface area contributed by atoms with Gasteiger partial charge in [-0.25, -0.2) is 4.79 Å². The van der Waals surface area contributed by atoms with Crippen LogP contribution >= 0.6 is 0 Å². The Morgan fingerprint density at radius 1 is 1.30 bits per heavy atom. The van der Waals surface area contributed by atoms with Crippen molar-refractivity contribution in [2.24, 2.45) is 0 Å². The van der Waals surface area contributed by atoms with Gasteiger partial charge in [-0.05, 0) is 24.6 Å². The number of alkyl halides is 2. The van der Waals surface area contributed by atoms with Crippen molar-refractivity contribution in [3.05, 3.63) is 23.8 Å². The van der Waals surface area contributed by atoms with Gasteiger partial charge in [0, 0.05) is 5.56 Å². The van der Waals surface area contributed by atoms with Gasteiger partial charge in [-0.15, -0.1) is 0 Å². The molecule has 128 valence electrons. The van der Waals surface area contributed by atoms with Crippen molar-refractivity contribution in [1.29, 1.82) is 0 Å². The third-order valence-corrected chi connectivity index (χ3v) is 3.09. The van der Waals surface area contributed by atoms with Gasteiger partial charge in [-0.1, -0.05) is 19.8 Å². The first-order valence-corrected chi connectivity index (χ1v) is 7.05. The molecule has 0 bridgehead atoms. The van der Waals surface area contributed by atoms with Crippen LogP contribution in [0.15, 0.2) is 18.2 Å². The summed E-state index contributed by atoms with van der Waals surface area (Å²) < 4.78 is 33.9. The van der Waals surface area contributed by atoms with Crippen molar-refractivity contribution in [2.45, 2.75) is 38.8 Å². The molecule has 1 rings (SSSR count). The molecule has 0 unspecified atom stereocenters. The Hall–Kier alpha value is -2.38. The fourth-order valence-corrected chi connectivity index (χ4v) is 1.91. The Morgan fingerprint density at radius 2 is 2.00 bits per heavy atom. The Balaban J connectivity index is 2.91. The number of amides is 1. The Morgan fingerprint density at radius 3 is 2.52 bits per heavy atom. The molecule has 1 atom stereocenters. The maximum Gasteiger partial charge on any atom is 0.387 e.